The van der Waals surface area contributed by atoms with Gasteiger partial charge in [-0.1, -0.05) is 37.3 Å². The molecular weight excluding hydrogens is 306 g/mol. The predicted molar refractivity (Wildman–Crippen MR) is 88.6 cm³/mol. The fourth-order valence-corrected chi connectivity index (χ4v) is 3.12. The zero-order chi connectivity index (χ0) is 17.1. The smallest absolute Gasteiger partial charge is 0.326 e. The molecule has 2 unspecified atom stereocenters. The standard InChI is InChI=1S/C18H21N3O3/c1-13-7-8-21(16(9-13)18(23)24)17(22)15-10-19-20(12-15)11-14-5-3-2-4-6-14/h2-6,10,12-13,16H,7-9,11H2,1H3,(H,23,24). The molecule has 1 fully saturated rings. The van der Waals surface area contributed by atoms with Crippen LogP contribution in [0.2, 0.25) is 0 Å². The third-order valence-electron chi connectivity index (χ3n) is 4.48. The van der Waals surface area contributed by atoms with Crippen molar-refractivity contribution in [2.75, 3.05) is 6.54 Å². The number of hydrogen-bond donors (Lipinski definition) is 1. The highest BCUT2D eigenvalue weighted by Crippen LogP contribution is 2.24. The van der Waals surface area contributed by atoms with E-state index in [1.165, 1.54) is 11.1 Å². The molecule has 0 spiro atoms. The molecule has 2 aromatic rings. The fourth-order valence-electron chi connectivity index (χ4n) is 3.12. The first kappa shape index (κ1) is 16.2. The number of carboxylic acids is 1. The van der Waals surface area contributed by atoms with Gasteiger partial charge >= 0.3 is 5.97 Å². The highest BCUT2D eigenvalue weighted by Gasteiger charge is 2.35. The van der Waals surface area contributed by atoms with Crippen molar-refractivity contribution in [2.24, 2.45) is 5.92 Å². The number of aliphatic carboxylic acids is 1. The predicted octanol–water partition coefficient (Wildman–Crippen LogP) is 2.26. The summed E-state index contributed by atoms with van der Waals surface area (Å²) in [5.74, 6) is -0.879. The summed E-state index contributed by atoms with van der Waals surface area (Å²) in [6, 6.07) is 9.10. The molecule has 126 valence electrons. The normalized spacial score (nSPS) is 20.8. The lowest BCUT2D eigenvalue weighted by molar-refractivity contribution is -0.144. The van der Waals surface area contributed by atoms with Crippen LogP contribution in [-0.2, 0) is 11.3 Å². The number of amides is 1. The van der Waals surface area contributed by atoms with E-state index in [2.05, 4.69) is 5.10 Å². The second-order valence-corrected chi connectivity index (χ2v) is 6.39. The van der Waals surface area contributed by atoms with E-state index in [0.717, 1.165) is 12.0 Å². The zero-order valence-electron chi connectivity index (χ0n) is 13.6. The Kier molecular flexibility index (Phi) is 4.64. The van der Waals surface area contributed by atoms with Gasteiger partial charge in [-0.05, 0) is 24.3 Å². The molecule has 1 aliphatic heterocycles. The van der Waals surface area contributed by atoms with Crippen LogP contribution >= 0.6 is 0 Å². The van der Waals surface area contributed by atoms with Crippen molar-refractivity contribution in [1.82, 2.24) is 14.7 Å². The van der Waals surface area contributed by atoms with E-state index in [1.54, 1.807) is 10.9 Å². The monoisotopic (exact) mass is 327 g/mol. The second kappa shape index (κ2) is 6.86. The van der Waals surface area contributed by atoms with Crippen molar-refractivity contribution in [3.63, 3.8) is 0 Å². The molecule has 1 aromatic heterocycles. The third-order valence-corrected chi connectivity index (χ3v) is 4.48. The number of likely N-dealkylation sites (tertiary alicyclic amines) is 1. The first-order chi connectivity index (χ1) is 11.5. The molecule has 1 amide bonds. The summed E-state index contributed by atoms with van der Waals surface area (Å²) < 4.78 is 1.70. The van der Waals surface area contributed by atoms with Crippen LogP contribution in [0.25, 0.3) is 0 Å². The Bertz CT molecular complexity index is 726. The van der Waals surface area contributed by atoms with Crippen molar-refractivity contribution in [3.05, 3.63) is 53.9 Å². The molecule has 0 radical (unpaired) electrons. The number of carbonyl (C=O) groups is 2. The first-order valence-corrected chi connectivity index (χ1v) is 8.14. The van der Waals surface area contributed by atoms with E-state index in [0.29, 0.717) is 31.0 Å². The topological polar surface area (TPSA) is 75.4 Å². The van der Waals surface area contributed by atoms with E-state index in [-0.39, 0.29) is 5.91 Å². The highest BCUT2D eigenvalue weighted by atomic mass is 16.4. The summed E-state index contributed by atoms with van der Waals surface area (Å²) in [5, 5.41) is 13.6. The SMILES string of the molecule is CC1CCN(C(=O)c2cnn(Cc3ccccc3)c2)C(C(=O)O)C1. The lowest BCUT2D eigenvalue weighted by atomic mass is 9.92. The van der Waals surface area contributed by atoms with Gasteiger partial charge in [0.15, 0.2) is 0 Å². The van der Waals surface area contributed by atoms with Gasteiger partial charge in [0.05, 0.1) is 18.3 Å². The molecule has 1 aliphatic rings. The molecule has 1 saturated heterocycles. The van der Waals surface area contributed by atoms with E-state index in [9.17, 15) is 14.7 Å². The van der Waals surface area contributed by atoms with Crippen LogP contribution < -0.4 is 0 Å². The number of aromatic nitrogens is 2. The minimum atomic E-state index is -0.938. The average molecular weight is 327 g/mol. The van der Waals surface area contributed by atoms with Crippen molar-refractivity contribution in [1.29, 1.82) is 0 Å². The van der Waals surface area contributed by atoms with Crippen molar-refractivity contribution < 1.29 is 14.7 Å². The maximum atomic E-state index is 12.7. The Morgan fingerprint density at radius 3 is 2.75 bits per heavy atom. The molecule has 0 saturated carbocycles. The summed E-state index contributed by atoms with van der Waals surface area (Å²) in [6.07, 6.45) is 4.53. The maximum absolute atomic E-state index is 12.7. The van der Waals surface area contributed by atoms with Gasteiger partial charge in [0.25, 0.3) is 5.91 Å². The summed E-state index contributed by atoms with van der Waals surface area (Å²) in [5.41, 5.74) is 1.53. The molecular formula is C18H21N3O3. The van der Waals surface area contributed by atoms with E-state index in [4.69, 9.17) is 0 Å². The molecule has 6 heteroatoms. The molecule has 1 aromatic carbocycles. The largest absolute Gasteiger partial charge is 0.480 e. The number of carboxylic acid groups (broad SMARTS) is 1. The Hall–Kier alpha value is -2.63. The summed E-state index contributed by atoms with van der Waals surface area (Å²) >= 11 is 0. The van der Waals surface area contributed by atoms with Crippen molar-refractivity contribution in [3.8, 4) is 0 Å². The molecule has 0 aliphatic carbocycles. The van der Waals surface area contributed by atoms with Crippen molar-refractivity contribution in [2.45, 2.75) is 32.4 Å². The van der Waals surface area contributed by atoms with Gasteiger partial charge < -0.3 is 10.0 Å². The van der Waals surface area contributed by atoms with Crippen LogP contribution in [-0.4, -0.2) is 44.3 Å². The Morgan fingerprint density at radius 2 is 2.04 bits per heavy atom. The summed E-state index contributed by atoms with van der Waals surface area (Å²) in [6.45, 7) is 3.07. The molecule has 0 bridgehead atoms. The van der Waals surface area contributed by atoms with Gasteiger partial charge in [0.1, 0.15) is 6.04 Å². The van der Waals surface area contributed by atoms with Gasteiger partial charge in [-0.3, -0.25) is 9.48 Å². The molecule has 2 heterocycles. The van der Waals surface area contributed by atoms with Crippen LogP contribution in [0, 0.1) is 5.92 Å². The Labute approximate surface area is 140 Å². The molecule has 24 heavy (non-hydrogen) atoms. The van der Waals surface area contributed by atoms with Gasteiger partial charge in [-0.2, -0.15) is 5.10 Å². The number of piperidine rings is 1. The lowest BCUT2D eigenvalue weighted by Gasteiger charge is -2.35. The van der Waals surface area contributed by atoms with Gasteiger partial charge in [-0.25, -0.2) is 4.79 Å². The summed E-state index contributed by atoms with van der Waals surface area (Å²) in [4.78, 5) is 25.6. The van der Waals surface area contributed by atoms with Crippen LogP contribution in [0.1, 0.15) is 35.7 Å². The van der Waals surface area contributed by atoms with E-state index in [1.807, 2.05) is 37.3 Å². The van der Waals surface area contributed by atoms with Gasteiger partial charge in [0, 0.05) is 12.7 Å². The molecule has 1 N–H and O–H groups in total. The van der Waals surface area contributed by atoms with Crippen molar-refractivity contribution >= 4 is 11.9 Å². The quantitative estimate of drug-likeness (QED) is 0.934. The average Bonchev–Trinajstić information content (AvgIpc) is 3.03. The Balaban J connectivity index is 1.74. The number of benzene rings is 1. The molecule has 2 atom stereocenters. The van der Waals surface area contributed by atoms with Crippen LogP contribution in [0.4, 0.5) is 0 Å². The minimum Gasteiger partial charge on any atom is -0.480 e. The van der Waals surface area contributed by atoms with Crippen LogP contribution in [0.15, 0.2) is 42.7 Å². The number of carbonyl (C=O) groups excluding carboxylic acids is 1. The Morgan fingerprint density at radius 1 is 1.29 bits per heavy atom. The first-order valence-electron chi connectivity index (χ1n) is 8.14. The maximum Gasteiger partial charge on any atom is 0.326 e. The van der Waals surface area contributed by atoms with E-state index < -0.39 is 12.0 Å². The number of hydrogen-bond acceptors (Lipinski definition) is 3. The third kappa shape index (κ3) is 3.48. The van der Waals surface area contributed by atoms with Crippen LogP contribution in [0.5, 0.6) is 0 Å². The number of rotatable bonds is 4. The van der Waals surface area contributed by atoms with Crippen LogP contribution in [0.3, 0.4) is 0 Å². The molecule has 6 nitrogen and oxygen atoms in total. The second-order valence-electron chi connectivity index (χ2n) is 6.39. The fraction of sp³-hybridized carbons (Fsp3) is 0.389. The minimum absolute atomic E-state index is 0.256. The lowest BCUT2D eigenvalue weighted by Crippen LogP contribution is -2.49. The van der Waals surface area contributed by atoms with Gasteiger partial charge in [0.2, 0.25) is 0 Å². The molecule has 3 rings (SSSR count). The highest BCUT2D eigenvalue weighted by molar-refractivity contribution is 5.96. The number of nitrogens with zero attached hydrogens (tertiary/aromatic N) is 3. The van der Waals surface area contributed by atoms with E-state index >= 15 is 0 Å². The zero-order valence-corrected chi connectivity index (χ0v) is 13.6. The van der Waals surface area contributed by atoms with Gasteiger partial charge in [-0.15, -0.1) is 0 Å². The summed E-state index contributed by atoms with van der Waals surface area (Å²) in [7, 11) is 0.